The molecule has 6 heteroatoms. The fourth-order valence-corrected chi connectivity index (χ4v) is 2.40. The van der Waals surface area contributed by atoms with Gasteiger partial charge in [-0.25, -0.2) is 4.68 Å². The Kier molecular flexibility index (Phi) is 5.10. The Balaban J connectivity index is 1.65. The number of nitrogens with zero attached hydrogens (tertiary/aromatic N) is 4. The average molecular weight is 253 g/mol. The lowest BCUT2D eigenvalue weighted by atomic mass is 10.1. The van der Waals surface area contributed by atoms with Crippen molar-refractivity contribution in [3.8, 4) is 0 Å². The first-order valence-electron chi connectivity index (χ1n) is 6.74. The highest BCUT2D eigenvalue weighted by atomic mass is 16.3. The zero-order valence-electron chi connectivity index (χ0n) is 11.0. The summed E-state index contributed by atoms with van der Waals surface area (Å²) in [5.74, 6) is 0.762. The van der Waals surface area contributed by atoms with Crippen LogP contribution in [0.5, 0.6) is 0 Å². The lowest BCUT2D eigenvalue weighted by Gasteiger charge is -2.13. The molecule has 1 aromatic rings. The number of hydrogen-bond acceptors (Lipinski definition) is 5. The van der Waals surface area contributed by atoms with Crippen LogP contribution in [0.2, 0.25) is 0 Å². The molecule has 2 rings (SSSR count). The van der Waals surface area contributed by atoms with E-state index in [1.807, 2.05) is 6.20 Å². The number of aliphatic hydroxyl groups is 1. The summed E-state index contributed by atoms with van der Waals surface area (Å²) in [5.41, 5.74) is 0.939. The van der Waals surface area contributed by atoms with Crippen molar-refractivity contribution in [2.24, 2.45) is 5.92 Å². The molecule has 1 saturated heterocycles. The third kappa shape index (κ3) is 3.76. The summed E-state index contributed by atoms with van der Waals surface area (Å²) in [5, 5.41) is 20.2. The van der Waals surface area contributed by atoms with Crippen molar-refractivity contribution in [2.75, 3.05) is 32.8 Å². The first-order chi connectivity index (χ1) is 8.81. The molecule has 0 saturated carbocycles. The smallest absolute Gasteiger partial charge is 0.0964 e. The number of nitrogens with one attached hydrogen (secondary N) is 1. The first-order valence-corrected chi connectivity index (χ1v) is 6.74. The highest BCUT2D eigenvalue weighted by Crippen LogP contribution is 2.14. The van der Waals surface area contributed by atoms with Gasteiger partial charge in [0.1, 0.15) is 0 Å². The van der Waals surface area contributed by atoms with E-state index >= 15 is 0 Å². The number of hydrogen-bond donors (Lipinski definition) is 2. The second kappa shape index (κ2) is 6.82. The lowest BCUT2D eigenvalue weighted by molar-refractivity contribution is 0.268. The van der Waals surface area contributed by atoms with E-state index in [0.29, 0.717) is 6.54 Å². The van der Waals surface area contributed by atoms with E-state index < -0.39 is 0 Å². The van der Waals surface area contributed by atoms with Gasteiger partial charge < -0.3 is 15.3 Å². The first kappa shape index (κ1) is 13.5. The summed E-state index contributed by atoms with van der Waals surface area (Å²) in [7, 11) is 0. The molecule has 0 bridgehead atoms. The summed E-state index contributed by atoms with van der Waals surface area (Å²) >= 11 is 0. The normalized spacial score (nSPS) is 20.7. The summed E-state index contributed by atoms with van der Waals surface area (Å²) in [6.45, 7) is 8.24. The van der Waals surface area contributed by atoms with Crippen LogP contribution in [0.4, 0.5) is 0 Å². The van der Waals surface area contributed by atoms with Crippen molar-refractivity contribution >= 4 is 0 Å². The fraction of sp³-hybridized carbons (Fsp3) is 0.833. The van der Waals surface area contributed by atoms with Crippen LogP contribution in [-0.2, 0) is 13.1 Å². The van der Waals surface area contributed by atoms with Crippen LogP contribution in [0.25, 0.3) is 0 Å². The topological polar surface area (TPSA) is 66.2 Å². The SMILES string of the molecule is CCN1CCC(CNCc2cn(CCO)nn2)C1. The molecule has 0 amide bonds. The Morgan fingerprint density at radius 2 is 2.44 bits per heavy atom. The number of aromatic nitrogens is 3. The van der Waals surface area contributed by atoms with Crippen molar-refractivity contribution in [1.29, 1.82) is 0 Å². The second-order valence-corrected chi connectivity index (χ2v) is 4.88. The molecule has 0 radical (unpaired) electrons. The van der Waals surface area contributed by atoms with Gasteiger partial charge in [-0.3, -0.25) is 0 Å². The molecule has 1 aromatic heterocycles. The molecule has 0 aromatic carbocycles. The molecule has 1 atom stereocenters. The molecule has 2 heterocycles. The molecular weight excluding hydrogens is 230 g/mol. The highest BCUT2D eigenvalue weighted by molar-refractivity contribution is 4.91. The minimum absolute atomic E-state index is 0.102. The van der Waals surface area contributed by atoms with Crippen molar-refractivity contribution in [1.82, 2.24) is 25.2 Å². The van der Waals surface area contributed by atoms with Gasteiger partial charge in [0, 0.05) is 19.3 Å². The number of aliphatic hydroxyl groups excluding tert-OH is 1. The molecule has 6 nitrogen and oxygen atoms in total. The van der Waals surface area contributed by atoms with Crippen LogP contribution in [0, 0.1) is 5.92 Å². The van der Waals surface area contributed by atoms with Crippen LogP contribution >= 0.6 is 0 Å². The third-order valence-corrected chi connectivity index (χ3v) is 3.47. The van der Waals surface area contributed by atoms with Crippen LogP contribution in [0.15, 0.2) is 6.20 Å². The predicted octanol–water partition coefficient (Wildman–Crippen LogP) is -0.298. The summed E-state index contributed by atoms with van der Waals surface area (Å²) in [6.07, 6.45) is 3.17. The molecule has 1 aliphatic heterocycles. The van der Waals surface area contributed by atoms with Crippen LogP contribution in [0.3, 0.4) is 0 Å². The maximum Gasteiger partial charge on any atom is 0.0964 e. The Morgan fingerprint density at radius 1 is 1.56 bits per heavy atom. The standard InChI is InChI=1S/C12H23N5O/c1-2-16-4-3-11(9-16)7-13-8-12-10-17(5-6-18)15-14-12/h10-11,13,18H,2-9H2,1H3. The number of rotatable bonds is 7. The molecule has 18 heavy (non-hydrogen) atoms. The van der Waals surface area contributed by atoms with Crippen molar-refractivity contribution < 1.29 is 5.11 Å². The highest BCUT2D eigenvalue weighted by Gasteiger charge is 2.20. The zero-order chi connectivity index (χ0) is 12.8. The van der Waals surface area contributed by atoms with Crippen molar-refractivity contribution in [3.05, 3.63) is 11.9 Å². The van der Waals surface area contributed by atoms with Crippen LogP contribution in [0.1, 0.15) is 19.0 Å². The minimum atomic E-state index is 0.102. The van der Waals surface area contributed by atoms with Crippen molar-refractivity contribution in [2.45, 2.75) is 26.4 Å². The van der Waals surface area contributed by atoms with Crippen LogP contribution < -0.4 is 5.32 Å². The van der Waals surface area contributed by atoms with Gasteiger partial charge in [0.2, 0.25) is 0 Å². The summed E-state index contributed by atoms with van der Waals surface area (Å²) in [6, 6.07) is 0. The molecule has 2 N–H and O–H groups in total. The Morgan fingerprint density at radius 3 is 3.17 bits per heavy atom. The molecular formula is C12H23N5O. The maximum absolute atomic E-state index is 8.79. The fourth-order valence-electron chi connectivity index (χ4n) is 2.40. The minimum Gasteiger partial charge on any atom is -0.394 e. The molecule has 1 fully saturated rings. The third-order valence-electron chi connectivity index (χ3n) is 3.47. The Bertz CT molecular complexity index is 354. The second-order valence-electron chi connectivity index (χ2n) is 4.88. The van der Waals surface area contributed by atoms with Gasteiger partial charge >= 0.3 is 0 Å². The van der Waals surface area contributed by atoms with Gasteiger partial charge in [0.25, 0.3) is 0 Å². The Hall–Kier alpha value is -0.980. The van der Waals surface area contributed by atoms with E-state index in [-0.39, 0.29) is 6.61 Å². The molecule has 1 unspecified atom stereocenters. The van der Waals surface area contributed by atoms with Gasteiger partial charge in [0.05, 0.1) is 18.8 Å². The quantitative estimate of drug-likeness (QED) is 0.698. The van der Waals surface area contributed by atoms with E-state index in [1.54, 1.807) is 4.68 Å². The van der Waals surface area contributed by atoms with E-state index in [0.717, 1.165) is 31.2 Å². The summed E-state index contributed by atoms with van der Waals surface area (Å²) in [4.78, 5) is 2.49. The lowest BCUT2D eigenvalue weighted by Crippen LogP contribution is -2.26. The molecule has 0 aliphatic carbocycles. The van der Waals surface area contributed by atoms with E-state index in [2.05, 4.69) is 27.5 Å². The van der Waals surface area contributed by atoms with Gasteiger partial charge in [-0.1, -0.05) is 12.1 Å². The largest absolute Gasteiger partial charge is 0.394 e. The number of likely N-dealkylation sites (tertiary alicyclic amines) is 1. The van der Waals surface area contributed by atoms with Gasteiger partial charge in [-0.15, -0.1) is 5.10 Å². The van der Waals surface area contributed by atoms with Crippen LogP contribution in [-0.4, -0.2) is 57.8 Å². The van der Waals surface area contributed by atoms with Crippen molar-refractivity contribution in [3.63, 3.8) is 0 Å². The van der Waals surface area contributed by atoms with Gasteiger partial charge in [0.15, 0.2) is 0 Å². The molecule has 1 aliphatic rings. The summed E-state index contributed by atoms with van der Waals surface area (Å²) < 4.78 is 1.67. The Labute approximate surface area is 108 Å². The average Bonchev–Trinajstić information content (AvgIpc) is 2.99. The van der Waals surface area contributed by atoms with E-state index in [9.17, 15) is 0 Å². The molecule has 102 valence electrons. The monoisotopic (exact) mass is 253 g/mol. The predicted molar refractivity (Wildman–Crippen MR) is 69.0 cm³/mol. The molecule has 0 spiro atoms. The van der Waals surface area contributed by atoms with Gasteiger partial charge in [-0.05, 0) is 32.0 Å². The maximum atomic E-state index is 8.79. The zero-order valence-corrected chi connectivity index (χ0v) is 11.0. The van der Waals surface area contributed by atoms with E-state index in [1.165, 1.54) is 19.5 Å². The van der Waals surface area contributed by atoms with Gasteiger partial charge in [-0.2, -0.15) is 0 Å². The van der Waals surface area contributed by atoms with E-state index in [4.69, 9.17) is 5.11 Å².